The van der Waals surface area contributed by atoms with Crippen LogP contribution in [0.3, 0.4) is 0 Å². The number of hydrogen-bond acceptors (Lipinski definition) is 3. The van der Waals surface area contributed by atoms with Crippen LogP contribution in [0.1, 0.15) is 23.1 Å². The summed E-state index contributed by atoms with van der Waals surface area (Å²) in [5, 5.41) is 7.84. The summed E-state index contributed by atoms with van der Waals surface area (Å²) in [6.07, 6.45) is 0. The van der Waals surface area contributed by atoms with Crippen LogP contribution in [0.4, 0.5) is 0 Å². The predicted octanol–water partition coefficient (Wildman–Crippen LogP) is 1.35. The van der Waals surface area contributed by atoms with Gasteiger partial charge in [0.25, 0.3) is 5.91 Å². The Morgan fingerprint density at radius 3 is 3.00 bits per heavy atom. The van der Waals surface area contributed by atoms with E-state index in [9.17, 15) is 4.79 Å². The molecule has 1 aromatic heterocycles. The zero-order chi connectivity index (χ0) is 12.7. The lowest BCUT2D eigenvalue weighted by Crippen LogP contribution is -2.29. The van der Waals surface area contributed by atoms with Crippen LogP contribution in [0.2, 0.25) is 0 Å². The van der Waals surface area contributed by atoms with Gasteiger partial charge < -0.3 is 10.1 Å². The van der Waals surface area contributed by atoms with E-state index in [1.54, 1.807) is 10.7 Å². The first-order chi connectivity index (χ1) is 8.19. The Labute approximate surface area is 110 Å². The summed E-state index contributed by atoms with van der Waals surface area (Å²) in [5.41, 5.74) is 1.46. The fourth-order valence-corrected chi connectivity index (χ4v) is 1.68. The molecule has 0 aromatic carbocycles. The van der Waals surface area contributed by atoms with E-state index in [2.05, 4.69) is 26.3 Å². The molecule has 0 aliphatic rings. The molecule has 1 rings (SSSR count). The van der Waals surface area contributed by atoms with Crippen molar-refractivity contribution in [2.45, 2.75) is 20.4 Å². The number of carbonyl (C=O) groups excluding carboxylic acids is 1. The van der Waals surface area contributed by atoms with Gasteiger partial charge in [0.2, 0.25) is 0 Å². The summed E-state index contributed by atoms with van der Waals surface area (Å²) in [5.74, 6) is -0.102. The largest absolute Gasteiger partial charge is 0.379 e. The SMILES string of the molecule is CCn1nc(C)cc1C(=O)NCCOCCBr. The van der Waals surface area contributed by atoms with Crippen molar-refractivity contribution in [1.29, 1.82) is 0 Å². The lowest BCUT2D eigenvalue weighted by molar-refractivity contribution is 0.0913. The van der Waals surface area contributed by atoms with E-state index in [1.807, 2.05) is 13.8 Å². The quantitative estimate of drug-likeness (QED) is 0.611. The zero-order valence-electron chi connectivity index (χ0n) is 10.2. The van der Waals surface area contributed by atoms with Crippen molar-refractivity contribution < 1.29 is 9.53 Å². The topological polar surface area (TPSA) is 56.2 Å². The minimum absolute atomic E-state index is 0.102. The number of amides is 1. The molecule has 0 saturated heterocycles. The van der Waals surface area contributed by atoms with E-state index in [-0.39, 0.29) is 5.91 Å². The Hall–Kier alpha value is -0.880. The Kier molecular flexibility index (Phi) is 6.21. The third-order valence-electron chi connectivity index (χ3n) is 2.19. The van der Waals surface area contributed by atoms with Crippen molar-refractivity contribution >= 4 is 21.8 Å². The molecule has 6 heteroatoms. The molecule has 0 aliphatic heterocycles. The highest BCUT2D eigenvalue weighted by Crippen LogP contribution is 2.03. The summed E-state index contributed by atoms with van der Waals surface area (Å²) in [6, 6.07) is 1.79. The monoisotopic (exact) mass is 303 g/mol. The predicted molar refractivity (Wildman–Crippen MR) is 69.6 cm³/mol. The van der Waals surface area contributed by atoms with Crippen molar-refractivity contribution in [3.63, 3.8) is 0 Å². The highest BCUT2D eigenvalue weighted by Gasteiger charge is 2.11. The van der Waals surface area contributed by atoms with Crippen LogP contribution >= 0.6 is 15.9 Å². The van der Waals surface area contributed by atoms with Crippen LogP contribution in [0.15, 0.2) is 6.07 Å². The molecule has 0 bridgehead atoms. The maximum Gasteiger partial charge on any atom is 0.269 e. The Morgan fingerprint density at radius 2 is 2.35 bits per heavy atom. The smallest absolute Gasteiger partial charge is 0.269 e. The summed E-state index contributed by atoms with van der Waals surface area (Å²) in [4.78, 5) is 11.8. The molecule has 1 heterocycles. The molecular formula is C11H18BrN3O2. The zero-order valence-corrected chi connectivity index (χ0v) is 11.8. The maximum atomic E-state index is 11.8. The van der Waals surface area contributed by atoms with Crippen LogP contribution in [-0.2, 0) is 11.3 Å². The minimum Gasteiger partial charge on any atom is -0.379 e. The van der Waals surface area contributed by atoms with Gasteiger partial charge in [0, 0.05) is 18.4 Å². The van der Waals surface area contributed by atoms with Crippen molar-refractivity contribution in [1.82, 2.24) is 15.1 Å². The third-order valence-corrected chi connectivity index (χ3v) is 2.51. The molecule has 0 saturated carbocycles. The molecule has 0 radical (unpaired) electrons. The molecule has 0 unspecified atom stereocenters. The standard InChI is InChI=1S/C11H18BrN3O2/c1-3-15-10(8-9(2)14-15)11(16)13-5-7-17-6-4-12/h8H,3-7H2,1-2H3,(H,13,16). The fraction of sp³-hybridized carbons (Fsp3) is 0.636. The van der Waals surface area contributed by atoms with Crippen molar-refractivity contribution in [2.75, 3.05) is 25.1 Å². The second-order valence-electron chi connectivity index (χ2n) is 3.54. The van der Waals surface area contributed by atoms with Gasteiger partial charge >= 0.3 is 0 Å². The number of ether oxygens (including phenoxy) is 1. The van der Waals surface area contributed by atoms with Gasteiger partial charge in [-0.15, -0.1) is 0 Å². The number of aryl methyl sites for hydroxylation is 2. The summed E-state index contributed by atoms with van der Waals surface area (Å²) in [6.45, 7) is 6.22. The lowest BCUT2D eigenvalue weighted by Gasteiger charge is -2.06. The van der Waals surface area contributed by atoms with Gasteiger partial charge in [0.1, 0.15) is 5.69 Å². The molecule has 0 atom stereocenters. The van der Waals surface area contributed by atoms with Crippen LogP contribution in [0, 0.1) is 6.92 Å². The molecule has 5 nitrogen and oxygen atoms in total. The van der Waals surface area contributed by atoms with Gasteiger partial charge in [0.05, 0.1) is 18.9 Å². The molecule has 0 fully saturated rings. The molecule has 96 valence electrons. The second-order valence-corrected chi connectivity index (χ2v) is 4.34. The second kappa shape index (κ2) is 7.45. The van der Waals surface area contributed by atoms with E-state index in [1.165, 1.54) is 0 Å². The number of nitrogens with one attached hydrogen (secondary N) is 1. The molecule has 1 aromatic rings. The number of rotatable bonds is 7. The molecule has 17 heavy (non-hydrogen) atoms. The van der Waals surface area contributed by atoms with E-state index < -0.39 is 0 Å². The molecule has 1 amide bonds. The maximum absolute atomic E-state index is 11.8. The summed E-state index contributed by atoms with van der Waals surface area (Å²) >= 11 is 3.26. The number of alkyl halides is 1. The number of aromatic nitrogens is 2. The van der Waals surface area contributed by atoms with Crippen molar-refractivity contribution in [3.05, 3.63) is 17.5 Å². The average Bonchev–Trinajstić information content (AvgIpc) is 2.70. The Morgan fingerprint density at radius 1 is 1.59 bits per heavy atom. The van der Waals surface area contributed by atoms with Gasteiger partial charge in [-0.2, -0.15) is 5.10 Å². The Balaban J connectivity index is 2.41. The van der Waals surface area contributed by atoms with Gasteiger partial charge in [-0.05, 0) is 19.9 Å². The van der Waals surface area contributed by atoms with Crippen LogP contribution in [-0.4, -0.2) is 40.8 Å². The Bertz CT molecular complexity index is 366. The van der Waals surface area contributed by atoms with Gasteiger partial charge in [-0.1, -0.05) is 15.9 Å². The van der Waals surface area contributed by atoms with Crippen LogP contribution in [0.25, 0.3) is 0 Å². The first-order valence-electron chi connectivity index (χ1n) is 5.65. The van der Waals surface area contributed by atoms with Crippen LogP contribution < -0.4 is 5.32 Å². The number of carbonyl (C=O) groups is 1. The highest BCUT2D eigenvalue weighted by atomic mass is 79.9. The van der Waals surface area contributed by atoms with Gasteiger partial charge in [-0.25, -0.2) is 0 Å². The molecule has 0 spiro atoms. The van der Waals surface area contributed by atoms with Crippen molar-refractivity contribution in [3.8, 4) is 0 Å². The number of hydrogen-bond donors (Lipinski definition) is 1. The van der Waals surface area contributed by atoms with Crippen LogP contribution in [0.5, 0.6) is 0 Å². The number of nitrogens with zero attached hydrogens (tertiary/aromatic N) is 2. The fourth-order valence-electron chi connectivity index (χ4n) is 1.45. The first kappa shape index (κ1) is 14.2. The summed E-state index contributed by atoms with van der Waals surface area (Å²) < 4.78 is 6.95. The third kappa shape index (κ3) is 4.47. The summed E-state index contributed by atoms with van der Waals surface area (Å²) in [7, 11) is 0. The van der Waals surface area contributed by atoms with Crippen molar-refractivity contribution in [2.24, 2.45) is 0 Å². The lowest BCUT2D eigenvalue weighted by atomic mass is 10.3. The van der Waals surface area contributed by atoms with Gasteiger partial charge in [0.15, 0.2) is 0 Å². The van der Waals surface area contributed by atoms with E-state index >= 15 is 0 Å². The minimum atomic E-state index is -0.102. The van der Waals surface area contributed by atoms with E-state index in [0.29, 0.717) is 32.0 Å². The van der Waals surface area contributed by atoms with E-state index in [4.69, 9.17) is 4.74 Å². The normalized spacial score (nSPS) is 10.5. The first-order valence-corrected chi connectivity index (χ1v) is 6.77. The van der Waals surface area contributed by atoms with E-state index in [0.717, 1.165) is 11.0 Å². The molecule has 0 aliphatic carbocycles. The number of halogens is 1. The molecule has 1 N–H and O–H groups in total. The van der Waals surface area contributed by atoms with Gasteiger partial charge in [-0.3, -0.25) is 9.48 Å². The average molecular weight is 304 g/mol. The molecular weight excluding hydrogens is 286 g/mol. The highest BCUT2D eigenvalue weighted by molar-refractivity contribution is 9.09.